The Balaban J connectivity index is 1.53. The zero-order valence-corrected chi connectivity index (χ0v) is 13.1. The number of fused-ring (bicyclic) bond motifs is 1. The van der Waals surface area contributed by atoms with Crippen molar-refractivity contribution < 1.29 is 4.74 Å². The highest BCUT2D eigenvalue weighted by atomic mass is 32.1. The summed E-state index contributed by atoms with van der Waals surface area (Å²) in [4.78, 5) is 12.6. The molecule has 1 aliphatic heterocycles. The van der Waals surface area contributed by atoms with Gasteiger partial charge in [0.05, 0.1) is 34.0 Å². The third-order valence-corrected chi connectivity index (χ3v) is 4.99. The lowest BCUT2D eigenvalue weighted by Gasteiger charge is -2.26. The molecule has 22 heavy (non-hydrogen) atoms. The number of thiophene rings is 1. The quantitative estimate of drug-likeness (QED) is 0.744. The first-order valence-electron chi connectivity index (χ1n) is 7.48. The summed E-state index contributed by atoms with van der Waals surface area (Å²) < 4.78 is 6.59. The Morgan fingerprint density at radius 3 is 2.82 bits per heavy atom. The minimum atomic E-state index is 0.834. The van der Waals surface area contributed by atoms with Gasteiger partial charge in [-0.25, -0.2) is 0 Å². The van der Waals surface area contributed by atoms with Gasteiger partial charge in [0.1, 0.15) is 0 Å². The topological polar surface area (TPSA) is 38.2 Å². The Morgan fingerprint density at radius 1 is 1.14 bits per heavy atom. The molecule has 0 amide bonds. The van der Waals surface area contributed by atoms with Gasteiger partial charge in [0.2, 0.25) is 0 Å². The van der Waals surface area contributed by atoms with Crippen molar-refractivity contribution in [2.75, 3.05) is 26.3 Å². The Labute approximate surface area is 133 Å². The molecule has 0 N–H and O–H groups in total. The van der Waals surface area contributed by atoms with E-state index in [0.717, 1.165) is 44.1 Å². The molecule has 3 aromatic rings. The standard InChI is InChI=1S/C17H17N3OS/c1-2-16-15(18-5-1)10-17(22-16)14-4-3-13(11-19-14)12-20-6-8-21-9-7-20/h1-5,10-11H,6-9,12H2. The van der Waals surface area contributed by atoms with E-state index in [0.29, 0.717) is 0 Å². The van der Waals surface area contributed by atoms with Gasteiger partial charge in [-0.05, 0) is 29.8 Å². The third-order valence-electron chi connectivity index (χ3n) is 3.87. The van der Waals surface area contributed by atoms with E-state index in [-0.39, 0.29) is 0 Å². The fraction of sp³-hybridized carbons (Fsp3) is 0.294. The van der Waals surface area contributed by atoms with Crippen LogP contribution in [0, 0.1) is 0 Å². The molecule has 112 valence electrons. The maximum absolute atomic E-state index is 5.38. The minimum absolute atomic E-state index is 0.834. The lowest BCUT2D eigenvalue weighted by molar-refractivity contribution is 0.0341. The molecule has 0 unspecified atom stereocenters. The van der Waals surface area contributed by atoms with Gasteiger partial charge in [-0.3, -0.25) is 14.9 Å². The summed E-state index contributed by atoms with van der Waals surface area (Å²) >= 11 is 1.74. The molecule has 1 saturated heterocycles. The average Bonchev–Trinajstić information content (AvgIpc) is 3.00. The maximum atomic E-state index is 5.38. The Hall–Kier alpha value is -1.82. The summed E-state index contributed by atoms with van der Waals surface area (Å²) in [5, 5.41) is 0. The molecule has 4 nitrogen and oxygen atoms in total. The summed E-state index contributed by atoms with van der Waals surface area (Å²) in [6.07, 6.45) is 3.82. The first-order valence-corrected chi connectivity index (χ1v) is 8.30. The number of nitrogens with zero attached hydrogens (tertiary/aromatic N) is 3. The molecule has 1 aliphatic rings. The normalized spacial score (nSPS) is 16.2. The van der Waals surface area contributed by atoms with Crippen molar-refractivity contribution in [1.82, 2.24) is 14.9 Å². The van der Waals surface area contributed by atoms with E-state index in [1.54, 1.807) is 11.3 Å². The molecule has 0 aliphatic carbocycles. The smallest absolute Gasteiger partial charge is 0.0816 e. The van der Waals surface area contributed by atoms with Crippen molar-refractivity contribution in [2.24, 2.45) is 0 Å². The second-order valence-corrected chi connectivity index (χ2v) is 6.52. The van der Waals surface area contributed by atoms with E-state index in [1.807, 2.05) is 18.5 Å². The predicted octanol–water partition coefficient (Wildman–Crippen LogP) is 3.19. The van der Waals surface area contributed by atoms with E-state index in [1.165, 1.54) is 15.1 Å². The van der Waals surface area contributed by atoms with Crippen LogP contribution in [0.15, 0.2) is 42.7 Å². The number of rotatable bonds is 3. The Bertz CT molecular complexity index is 730. The largest absolute Gasteiger partial charge is 0.379 e. The minimum Gasteiger partial charge on any atom is -0.379 e. The van der Waals surface area contributed by atoms with E-state index >= 15 is 0 Å². The van der Waals surface area contributed by atoms with E-state index in [4.69, 9.17) is 4.74 Å². The number of pyridine rings is 2. The van der Waals surface area contributed by atoms with Gasteiger partial charge in [0, 0.05) is 32.0 Å². The fourth-order valence-corrected chi connectivity index (χ4v) is 3.67. The number of ether oxygens (including phenoxy) is 1. The van der Waals surface area contributed by atoms with Gasteiger partial charge in [-0.2, -0.15) is 0 Å². The average molecular weight is 311 g/mol. The van der Waals surface area contributed by atoms with Crippen molar-refractivity contribution in [3.8, 4) is 10.6 Å². The van der Waals surface area contributed by atoms with Crippen molar-refractivity contribution >= 4 is 21.6 Å². The molecule has 0 atom stereocenters. The molecule has 3 aromatic heterocycles. The summed E-state index contributed by atoms with van der Waals surface area (Å²) in [6.45, 7) is 4.62. The van der Waals surface area contributed by atoms with Crippen LogP contribution in [0.2, 0.25) is 0 Å². The summed E-state index contributed by atoms with van der Waals surface area (Å²) in [5.41, 5.74) is 3.32. The van der Waals surface area contributed by atoms with Crippen LogP contribution in [0.3, 0.4) is 0 Å². The van der Waals surface area contributed by atoms with Crippen molar-refractivity contribution in [2.45, 2.75) is 6.54 Å². The van der Waals surface area contributed by atoms with Crippen molar-refractivity contribution in [3.63, 3.8) is 0 Å². The van der Waals surface area contributed by atoms with E-state index in [9.17, 15) is 0 Å². The van der Waals surface area contributed by atoms with Crippen LogP contribution in [0.1, 0.15) is 5.56 Å². The summed E-state index contributed by atoms with van der Waals surface area (Å²) in [5.74, 6) is 0. The lowest BCUT2D eigenvalue weighted by atomic mass is 10.2. The number of aromatic nitrogens is 2. The number of hydrogen-bond acceptors (Lipinski definition) is 5. The van der Waals surface area contributed by atoms with E-state index < -0.39 is 0 Å². The van der Waals surface area contributed by atoms with Gasteiger partial charge < -0.3 is 4.74 Å². The zero-order valence-electron chi connectivity index (χ0n) is 12.2. The van der Waals surface area contributed by atoms with Crippen LogP contribution in [0.4, 0.5) is 0 Å². The van der Waals surface area contributed by atoms with Gasteiger partial charge in [0.15, 0.2) is 0 Å². The monoisotopic (exact) mass is 311 g/mol. The van der Waals surface area contributed by atoms with Gasteiger partial charge in [-0.15, -0.1) is 11.3 Å². The molecule has 4 heterocycles. The second kappa shape index (κ2) is 6.12. The molecule has 0 spiro atoms. The zero-order chi connectivity index (χ0) is 14.8. The first kappa shape index (κ1) is 13.8. The van der Waals surface area contributed by atoms with Crippen LogP contribution in [0.25, 0.3) is 20.8 Å². The van der Waals surface area contributed by atoms with Crippen LogP contribution in [-0.4, -0.2) is 41.2 Å². The molecule has 5 heteroatoms. The molecule has 0 saturated carbocycles. The highest BCUT2D eigenvalue weighted by Gasteiger charge is 2.11. The lowest BCUT2D eigenvalue weighted by Crippen LogP contribution is -2.35. The first-order chi connectivity index (χ1) is 10.9. The number of morpholine rings is 1. The summed E-state index contributed by atoms with van der Waals surface area (Å²) in [6, 6.07) is 10.5. The molecule has 0 bridgehead atoms. The summed E-state index contributed by atoms with van der Waals surface area (Å²) in [7, 11) is 0. The molecule has 0 radical (unpaired) electrons. The van der Waals surface area contributed by atoms with E-state index in [2.05, 4.69) is 39.1 Å². The predicted molar refractivity (Wildman–Crippen MR) is 88.9 cm³/mol. The Morgan fingerprint density at radius 2 is 2.05 bits per heavy atom. The molecule has 1 fully saturated rings. The second-order valence-electron chi connectivity index (χ2n) is 5.44. The third kappa shape index (κ3) is 2.88. The molecule has 0 aromatic carbocycles. The maximum Gasteiger partial charge on any atom is 0.0816 e. The fourth-order valence-electron chi connectivity index (χ4n) is 2.68. The molecular formula is C17H17N3OS. The van der Waals surface area contributed by atoms with Crippen LogP contribution >= 0.6 is 11.3 Å². The van der Waals surface area contributed by atoms with Gasteiger partial charge >= 0.3 is 0 Å². The Kier molecular flexibility index (Phi) is 3.84. The van der Waals surface area contributed by atoms with Crippen molar-refractivity contribution in [1.29, 1.82) is 0 Å². The van der Waals surface area contributed by atoms with Crippen LogP contribution < -0.4 is 0 Å². The SMILES string of the molecule is c1cnc2cc(-c3ccc(CN4CCOCC4)cn3)sc2c1. The van der Waals surface area contributed by atoms with Gasteiger partial charge in [0.25, 0.3) is 0 Å². The van der Waals surface area contributed by atoms with Crippen molar-refractivity contribution in [3.05, 3.63) is 48.3 Å². The van der Waals surface area contributed by atoms with Crippen LogP contribution in [0.5, 0.6) is 0 Å². The number of hydrogen-bond donors (Lipinski definition) is 0. The van der Waals surface area contributed by atoms with Crippen LogP contribution in [-0.2, 0) is 11.3 Å². The molecular weight excluding hydrogens is 294 g/mol. The van der Waals surface area contributed by atoms with Gasteiger partial charge in [-0.1, -0.05) is 6.07 Å². The highest BCUT2D eigenvalue weighted by Crippen LogP contribution is 2.31. The highest BCUT2D eigenvalue weighted by molar-refractivity contribution is 7.22. The molecule has 4 rings (SSSR count).